The highest BCUT2D eigenvalue weighted by Crippen LogP contribution is 2.27. The molecule has 0 saturated heterocycles. The second-order valence-electron chi connectivity index (χ2n) is 4.97. The molecule has 19 heavy (non-hydrogen) atoms. The Balaban J connectivity index is 2.71. The zero-order chi connectivity index (χ0) is 14.6. The van der Waals surface area contributed by atoms with Crippen LogP contribution < -0.4 is 5.73 Å². The molecule has 0 amide bonds. The van der Waals surface area contributed by atoms with E-state index in [0.717, 1.165) is 11.8 Å². The third-order valence-electron chi connectivity index (χ3n) is 2.05. The predicted octanol–water partition coefficient (Wildman–Crippen LogP) is 2.86. The van der Waals surface area contributed by atoms with Crippen LogP contribution in [0, 0.1) is 11.6 Å². The number of thioether (sulfide) groups is 1. The maximum absolute atomic E-state index is 13.6. The minimum atomic E-state index is -0.714. The predicted molar refractivity (Wildman–Crippen MR) is 70.8 cm³/mol. The number of benzene rings is 1. The van der Waals surface area contributed by atoms with Gasteiger partial charge in [0.15, 0.2) is 0 Å². The fraction of sp³-hybridized carbons (Fsp3) is 0.462. The monoisotopic (exact) mass is 289 g/mol. The third kappa shape index (κ3) is 5.16. The van der Waals surface area contributed by atoms with Crippen LogP contribution in [0.15, 0.2) is 17.0 Å². The van der Waals surface area contributed by atoms with Crippen molar-refractivity contribution < 1.29 is 18.3 Å². The van der Waals surface area contributed by atoms with Crippen molar-refractivity contribution >= 4 is 17.7 Å². The van der Waals surface area contributed by atoms with Crippen LogP contribution >= 0.6 is 11.8 Å². The minimum Gasteiger partial charge on any atom is -0.459 e. The average molecular weight is 289 g/mol. The van der Waals surface area contributed by atoms with Gasteiger partial charge in [-0.3, -0.25) is 4.79 Å². The van der Waals surface area contributed by atoms with Gasteiger partial charge >= 0.3 is 5.97 Å². The van der Waals surface area contributed by atoms with E-state index >= 15 is 0 Å². The maximum Gasteiger partial charge on any atom is 0.316 e. The number of esters is 1. The molecule has 0 radical (unpaired) electrons. The van der Waals surface area contributed by atoms with E-state index in [2.05, 4.69) is 0 Å². The molecule has 6 heteroatoms. The molecule has 0 spiro atoms. The van der Waals surface area contributed by atoms with Crippen LogP contribution in [0.25, 0.3) is 0 Å². The molecule has 0 atom stereocenters. The van der Waals surface area contributed by atoms with E-state index in [9.17, 15) is 13.6 Å². The Morgan fingerprint density at radius 2 is 1.84 bits per heavy atom. The summed E-state index contributed by atoms with van der Waals surface area (Å²) in [5.41, 5.74) is 5.07. The Hall–Kier alpha value is -1.14. The zero-order valence-corrected chi connectivity index (χ0v) is 11.9. The lowest BCUT2D eigenvalue weighted by Crippen LogP contribution is -2.25. The van der Waals surface area contributed by atoms with Crippen LogP contribution in [0.4, 0.5) is 8.78 Å². The van der Waals surface area contributed by atoms with E-state index in [1.807, 2.05) is 0 Å². The Morgan fingerprint density at radius 3 is 2.26 bits per heavy atom. The van der Waals surface area contributed by atoms with Crippen molar-refractivity contribution in [3.05, 3.63) is 29.3 Å². The van der Waals surface area contributed by atoms with Gasteiger partial charge in [0.1, 0.15) is 17.2 Å². The molecule has 3 nitrogen and oxygen atoms in total. The van der Waals surface area contributed by atoms with E-state index in [-0.39, 0.29) is 17.2 Å². The molecule has 1 rings (SSSR count). The molecule has 0 aliphatic heterocycles. The number of ether oxygens (including phenoxy) is 1. The fourth-order valence-corrected chi connectivity index (χ4v) is 2.08. The van der Waals surface area contributed by atoms with Gasteiger partial charge in [0.05, 0.1) is 10.6 Å². The van der Waals surface area contributed by atoms with Crippen molar-refractivity contribution in [1.29, 1.82) is 0 Å². The molecule has 0 aliphatic carbocycles. The summed E-state index contributed by atoms with van der Waals surface area (Å²) in [5, 5.41) is 0. The van der Waals surface area contributed by atoms with Gasteiger partial charge in [-0.15, -0.1) is 11.8 Å². The molecule has 0 fully saturated rings. The molecule has 0 unspecified atom stereocenters. The largest absolute Gasteiger partial charge is 0.459 e. The molecule has 0 heterocycles. The van der Waals surface area contributed by atoms with Gasteiger partial charge in [0.2, 0.25) is 0 Å². The first-order valence-electron chi connectivity index (χ1n) is 5.75. The molecular formula is C13H17F2NO2S. The van der Waals surface area contributed by atoms with Gasteiger partial charge in [0.25, 0.3) is 0 Å². The first kappa shape index (κ1) is 15.9. The second kappa shape index (κ2) is 6.34. The highest BCUT2D eigenvalue weighted by Gasteiger charge is 2.18. The second-order valence-corrected chi connectivity index (χ2v) is 5.95. The average Bonchev–Trinajstić information content (AvgIpc) is 2.25. The van der Waals surface area contributed by atoms with Crippen LogP contribution in [0.2, 0.25) is 0 Å². The first-order chi connectivity index (χ1) is 8.73. The summed E-state index contributed by atoms with van der Waals surface area (Å²) < 4.78 is 32.3. The van der Waals surface area contributed by atoms with Crippen LogP contribution in [-0.4, -0.2) is 17.3 Å². The van der Waals surface area contributed by atoms with Gasteiger partial charge in [-0.2, -0.15) is 0 Å². The lowest BCUT2D eigenvalue weighted by Gasteiger charge is -2.19. The van der Waals surface area contributed by atoms with E-state index in [1.165, 1.54) is 12.1 Å². The number of carbonyl (C=O) groups is 1. The minimum absolute atomic E-state index is 0.0604. The number of hydrogen-bond donors (Lipinski definition) is 1. The van der Waals surface area contributed by atoms with E-state index in [4.69, 9.17) is 10.5 Å². The lowest BCUT2D eigenvalue weighted by atomic mass is 10.2. The first-order valence-corrected chi connectivity index (χ1v) is 6.74. The molecule has 0 aromatic heterocycles. The summed E-state index contributed by atoms with van der Waals surface area (Å²) >= 11 is 0.776. The van der Waals surface area contributed by atoms with Gasteiger partial charge in [-0.25, -0.2) is 8.78 Å². The highest BCUT2D eigenvalue weighted by molar-refractivity contribution is 8.00. The van der Waals surface area contributed by atoms with E-state index < -0.39 is 23.2 Å². The van der Waals surface area contributed by atoms with Crippen molar-refractivity contribution in [2.24, 2.45) is 5.73 Å². The molecule has 1 aromatic carbocycles. The summed E-state index contributed by atoms with van der Waals surface area (Å²) in [7, 11) is 0. The third-order valence-corrected chi connectivity index (χ3v) is 3.11. The normalized spacial score (nSPS) is 11.5. The Bertz CT molecular complexity index is 449. The Kier molecular flexibility index (Phi) is 5.31. The number of carbonyl (C=O) groups excluding carboxylic acids is 1. The molecule has 2 N–H and O–H groups in total. The summed E-state index contributed by atoms with van der Waals surface area (Å²) in [6.45, 7) is 5.25. The van der Waals surface area contributed by atoms with Gasteiger partial charge in [-0.05, 0) is 38.5 Å². The SMILES string of the molecule is CC(C)(C)OC(=O)CSc1c(F)cc(CN)cc1F. The fourth-order valence-electron chi connectivity index (χ4n) is 1.37. The summed E-state index contributed by atoms with van der Waals surface area (Å²) in [6, 6.07) is 2.33. The van der Waals surface area contributed by atoms with Crippen molar-refractivity contribution in [2.45, 2.75) is 37.8 Å². The smallest absolute Gasteiger partial charge is 0.316 e. The summed E-state index contributed by atoms with van der Waals surface area (Å²) in [5.74, 6) is -2.09. The van der Waals surface area contributed by atoms with Crippen LogP contribution in [0.1, 0.15) is 26.3 Å². The zero-order valence-electron chi connectivity index (χ0n) is 11.1. The number of rotatable bonds is 4. The standard InChI is InChI=1S/C13H17F2NO2S/c1-13(2,3)18-11(17)7-19-12-9(14)4-8(6-16)5-10(12)15/h4-5H,6-7,16H2,1-3H3. The number of halogens is 2. The Labute approximate surface area is 115 Å². The van der Waals surface area contributed by atoms with Crippen molar-refractivity contribution in [2.75, 3.05) is 5.75 Å². The lowest BCUT2D eigenvalue weighted by molar-refractivity contribution is -0.151. The van der Waals surface area contributed by atoms with Crippen molar-refractivity contribution in [1.82, 2.24) is 0 Å². The molecular weight excluding hydrogens is 272 g/mol. The van der Waals surface area contributed by atoms with Gasteiger partial charge < -0.3 is 10.5 Å². The van der Waals surface area contributed by atoms with Crippen LogP contribution in [-0.2, 0) is 16.1 Å². The van der Waals surface area contributed by atoms with Crippen molar-refractivity contribution in [3.63, 3.8) is 0 Å². The molecule has 0 aliphatic rings. The van der Waals surface area contributed by atoms with E-state index in [0.29, 0.717) is 5.56 Å². The van der Waals surface area contributed by atoms with E-state index in [1.54, 1.807) is 20.8 Å². The van der Waals surface area contributed by atoms with Crippen LogP contribution in [0.3, 0.4) is 0 Å². The summed E-state index contributed by atoms with van der Waals surface area (Å²) in [6.07, 6.45) is 0. The Morgan fingerprint density at radius 1 is 1.32 bits per heavy atom. The van der Waals surface area contributed by atoms with Crippen LogP contribution in [0.5, 0.6) is 0 Å². The maximum atomic E-state index is 13.6. The number of nitrogens with two attached hydrogens (primary N) is 1. The molecule has 0 saturated carbocycles. The van der Waals surface area contributed by atoms with Gasteiger partial charge in [0, 0.05) is 6.54 Å². The van der Waals surface area contributed by atoms with Crippen molar-refractivity contribution in [3.8, 4) is 0 Å². The summed E-state index contributed by atoms with van der Waals surface area (Å²) in [4.78, 5) is 11.3. The molecule has 106 valence electrons. The van der Waals surface area contributed by atoms with Gasteiger partial charge in [-0.1, -0.05) is 0 Å². The quantitative estimate of drug-likeness (QED) is 0.684. The molecule has 0 bridgehead atoms. The molecule has 1 aromatic rings. The number of hydrogen-bond acceptors (Lipinski definition) is 4. The highest BCUT2D eigenvalue weighted by atomic mass is 32.2. The topological polar surface area (TPSA) is 52.3 Å².